The van der Waals surface area contributed by atoms with Crippen LogP contribution in [-0.4, -0.2) is 110 Å². The van der Waals surface area contributed by atoms with Crippen LogP contribution in [0.5, 0.6) is 0 Å². The highest BCUT2D eigenvalue weighted by Crippen LogP contribution is 2.29. The number of aliphatic hydroxyl groups is 3. The lowest BCUT2D eigenvalue weighted by molar-refractivity contribution is -0.252. The van der Waals surface area contributed by atoms with Crippen molar-refractivity contribution in [3.63, 3.8) is 0 Å². The van der Waals surface area contributed by atoms with Crippen LogP contribution in [0.1, 0.15) is 127 Å². The van der Waals surface area contributed by atoms with Gasteiger partial charge in [0.2, 0.25) is 0 Å². The minimum Gasteiger partial charge on any atom is -0.368 e. The lowest BCUT2D eigenvalue weighted by atomic mass is 9.81. The first-order valence-electron chi connectivity index (χ1n) is 18.6. The maximum atomic E-state index is 12.6. The number of nitrogens with zero attached hydrogens (tertiary/aromatic N) is 1. The van der Waals surface area contributed by atoms with Gasteiger partial charge in [-0.05, 0) is 78.3 Å². The van der Waals surface area contributed by atoms with Crippen molar-refractivity contribution in [3.05, 3.63) is 0 Å². The number of carbonyl (C=O) groups excluding carboxylic acids is 2. The summed E-state index contributed by atoms with van der Waals surface area (Å²) in [6, 6.07) is 0.466. The molecular formula is C38H77NO10. The zero-order valence-corrected chi connectivity index (χ0v) is 33.6. The molecule has 1 fully saturated rings. The Morgan fingerprint density at radius 1 is 0.898 bits per heavy atom. The number of rotatable bonds is 22. The van der Waals surface area contributed by atoms with Crippen LogP contribution < -0.4 is 0 Å². The minimum atomic E-state index is -1.04. The van der Waals surface area contributed by atoms with Gasteiger partial charge in [-0.2, -0.15) is 0 Å². The molecule has 0 amide bonds. The number of hydrogen-bond donors (Lipinski definition) is 3. The third-order valence-electron chi connectivity index (χ3n) is 9.18. The topological polar surface area (TPSA) is 144 Å². The van der Waals surface area contributed by atoms with Crippen molar-refractivity contribution >= 4 is 12.1 Å². The van der Waals surface area contributed by atoms with Gasteiger partial charge in [-0.3, -0.25) is 4.79 Å². The van der Waals surface area contributed by atoms with E-state index in [9.17, 15) is 19.8 Å². The molecule has 0 bridgehead atoms. The second-order valence-corrected chi connectivity index (χ2v) is 14.4. The summed E-state index contributed by atoms with van der Waals surface area (Å²) in [4.78, 5) is 26.4. The quantitative estimate of drug-likeness (QED) is 0.0875. The van der Waals surface area contributed by atoms with E-state index in [0.29, 0.717) is 30.6 Å². The lowest BCUT2D eigenvalue weighted by Gasteiger charge is -2.34. The van der Waals surface area contributed by atoms with Crippen molar-refractivity contribution in [1.82, 2.24) is 4.90 Å². The van der Waals surface area contributed by atoms with E-state index in [1.807, 2.05) is 55.6 Å². The number of Topliss-reactive ketones (excluding diaryl/α,β-unsaturated/α-hetero) is 1. The second-order valence-electron chi connectivity index (χ2n) is 14.4. The van der Waals surface area contributed by atoms with Crippen LogP contribution in [0.4, 0.5) is 0 Å². The fourth-order valence-corrected chi connectivity index (χ4v) is 6.26. The molecule has 294 valence electrons. The number of methoxy groups -OCH3 is 2. The van der Waals surface area contributed by atoms with E-state index in [1.165, 1.54) is 14.2 Å². The van der Waals surface area contributed by atoms with E-state index < -0.39 is 31.3 Å². The predicted octanol–water partition coefficient (Wildman–Crippen LogP) is 6.19. The molecule has 0 saturated carbocycles. The lowest BCUT2D eigenvalue weighted by Crippen LogP contribution is -2.41. The number of aldehydes is 1. The molecule has 13 atom stereocenters. The largest absolute Gasteiger partial charge is 0.368 e. The van der Waals surface area contributed by atoms with Crippen LogP contribution in [0, 0.1) is 29.6 Å². The molecule has 1 rings (SSSR count). The maximum Gasteiger partial charge on any atom is 0.180 e. The first-order chi connectivity index (χ1) is 22.9. The molecule has 0 aromatic carbocycles. The van der Waals surface area contributed by atoms with Crippen molar-refractivity contribution in [2.24, 2.45) is 29.6 Å². The van der Waals surface area contributed by atoms with Crippen molar-refractivity contribution in [1.29, 1.82) is 0 Å². The van der Waals surface area contributed by atoms with Crippen molar-refractivity contribution in [3.8, 4) is 0 Å². The Balaban J connectivity index is 0. The van der Waals surface area contributed by atoms with E-state index in [0.717, 1.165) is 51.2 Å². The molecule has 0 radical (unpaired) electrons. The molecule has 1 aliphatic heterocycles. The van der Waals surface area contributed by atoms with E-state index in [1.54, 1.807) is 6.92 Å². The Bertz CT molecular complexity index is 803. The molecule has 0 spiro atoms. The van der Waals surface area contributed by atoms with Gasteiger partial charge >= 0.3 is 0 Å². The van der Waals surface area contributed by atoms with Crippen molar-refractivity contribution in [2.45, 2.75) is 177 Å². The summed E-state index contributed by atoms with van der Waals surface area (Å²) < 4.78 is 26.8. The number of carbonyl (C=O) groups is 2. The highest BCUT2D eigenvalue weighted by atomic mass is 16.7. The molecule has 1 heterocycles. The van der Waals surface area contributed by atoms with Crippen LogP contribution in [0.15, 0.2) is 0 Å². The molecule has 1 aliphatic rings. The molecule has 3 N–H and O–H groups in total. The van der Waals surface area contributed by atoms with Gasteiger partial charge in [0, 0.05) is 44.4 Å². The van der Waals surface area contributed by atoms with Gasteiger partial charge in [0.1, 0.15) is 18.2 Å². The van der Waals surface area contributed by atoms with E-state index >= 15 is 0 Å². The summed E-state index contributed by atoms with van der Waals surface area (Å²) >= 11 is 0. The fraction of sp³-hybridized carbons (Fsp3) is 0.947. The molecule has 10 unspecified atom stereocenters. The van der Waals surface area contributed by atoms with E-state index in [2.05, 4.69) is 30.4 Å². The first kappa shape index (κ1) is 50.1. The Morgan fingerprint density at radius 2 is 1.49 bits per heavy atom. The fourth-order valence-electron chi connectivity index (χ4n) is 6.26. The summed E-state index contributed by atoms with van der Waals surface area (Å²) in [7, 11) is 6.98. The number of aliphatic hydroxyl groups excluding tert-OH is 3. The van der Waals surface area contributed by atoms with Gasteiger partial charge in [-0.15, -0.1) is 0 Å². The minimum absolute atomic E-state index is 0.0363. The molecule has 0 aromatic heterocycles. The smallest absolute Gasteiger partial charge is 0.180 e. The first-order valence-corrected chi connectivity index (χ1v) is 18.6. The molecule has 0 aliphatic carbocycles. The van der Waals surface area contributed by atoms with E-state index in [4.69, 9.17) is 24.1 Å². The highest BCUT2D eigenvalue weighted by Gasteiger charge is 2.31. The van der Waals surface area contributed by atoms with E-state index in [-0.39, 0.29) is 35.9 Å². The average Bonchev–Trinajstić information content (AvgIpc) is 3.05. The number of ketones is 1. The van der Waals surface area contributed by atoms with Crippen LogP contribution in [0.2, 0.25) is 0 Å². The van der Waals surface area contributed by atoms with Gasteiger partial charge in [0.15, 0.2) is 25.2 Å². The summed E-state index contributed by atoms with van der Waals surface area (Å²) in [6.45, 7) is 19.9. The number of ether oxygens (including phenoxy) is 5. The molecule has 0 aromatic rings. The molecular weight excluding hydrogens is 630 g/mol. The van der Waals surface area contributed by atoms with Gasteiger partial charge in [-0.25, -0.2) is 0 Å². The monoisotopic (exact) mass is 708 g/mol. The zero-order chi connectivity index (χ0) is 38.3. The van der Waals surface area contributed by atoms with Crippen LogP contribution in [0.25, 0.3) is 0 Å². The summed E-state index contributed by atoms with van der Waals surface area (Å²) in [6.07, 6.45) is 5.16. The van der Waals surface area contributed by atoms with Crippen LogP contribution >= 0.6 is 0 Å². The Kier molecular flexibility index (Phi) is 29.2. The summed E-state index contributed by atoms with van der Waals surface area (Å²) in [5.74, 6) is 0.666. The SMILES string of the molecule is CC1CC(N(C)C)CC(O)O1.CCC(O)OC.CCCC(OC(C(C)C=O)C(C)CC(C)C[C@@H](C)C(=O)[C@H](C)CCC)O[C@@H](C)C(O)OC. The van der Waals surface area contributed by atoms with Gasteiger partial charge in [0.05, 0.1) is 12.2 Å². The summed E-state index contributed by atoms with van der Waals surface area (Å²) in [5.41, 5.74) is 0. The third-order valence-corrected chi connectivity index (χ3v) is 9.18. The molecule has 49 heavy (non-hydrogen) atoms. The Hall–Kier alpha value is -1.02. The average molecular weight is 708 g/mol. The van der Waals surface area contributed by atoms with Gasteiger partial charge in [-0.1, -0.05) is 68.2 Å². The predicted molar refractivity (Wildman–Crippen MR) is 195 cm³/mol. The van der Waals surface area contributed by atoms with Gasteiger partial charge in [0.25, 0.3) is 0 Å². The zero-order valence-electron chi connectivity index (χ0n) is 33.6. The van der Waals surface area contributed by atoms with Crippen molar-refractivity contribution < 1.29 is 48.6 Å². The third kappa shape index (κ3) is 22.5. The Labute approximate surface area is 299 Å². The van der Waals surface area contributed by atoms with Crippen LogP contribution in [-0.2, 0) is 33.3 Å². The Morgan fingerprint density at radius 3 is 1.92 bits per heavy atom. The molecule has 1 saturated heterocycles. The van der Waals surface area contributed by atoms with Gasteiger partial charge < -0.3 is 48.7 Å². The molecule has 11 heteroatoms. The standard InChI is InChI=1S/C26H50O6.C8H17NO2.C4H10O2/c1-10-12-18(4)24(28)19(5)14-17(3)15-20(6)25(21(7)16-27)32-23(13-11-2)31-22(8)26(29)30-9;1-6-4-7(9(2)3)5-8(10)11-6;1-3-4(5)6-2/h16-23,25-26,29H,10-15H2,1-9H3;6-8,10H,4-5H2,1-3H3;4-5H,3H2,1-2H3/t17?,18-,19-,20?,21?,22+,23?,25?,26?;;/m1../s1. The maximum absolute atomic E-state index is 12.6. The second kappa shape index (κ2) is 28.6. The highest BCUT2D eigenvalue weighted by molar-refractivity contribution is 5.82. The normalized spacial score (nSPS) is 24.0. The summed E-state index contributed by atoms with van der Waals surface area (Å²) in [5, 5.41) is 27.6. The molecule has 11 nitrogen and oxygen atoms in total. The van der Waals surface area contributed by atoms with Crippen LogP contribution in [0.3, 0.4) is 0 Å². The number of hydrogen-bond acceptors (Lipinski definition) is 11. The van der Waals surface area contributed by atoms with Crippen molar-refractivity contribution in [2.75, 3.05) is 28.3 Å².